The van der Waals surface area contributed by atoms with E-state index < -0.39 is 0 Å². The Bertz CT molecular complexity index is 1220. The first-order valence-corrected chi connectivity index (χ1v) is 10.5. The van der Waals surface area contributed by atoms with Crippen LogP contribution < -0.4 is 10.1 Å². The highest BCUT2D eigenvalue weighted by Gasteiger charge is 2.29. The van der Waals surface area contributed by atoms with Crippen molar-refractivity contribution in [2.24, 2.45) is 0 Å². The summed E-state index contributed by atoms with van der Waals surface area (Å²) in [6, 6.07) is 27.5. The Morgan fingerprint density at radius 3 is 2.28 bits per heavy atom. The van der Waals surface area contributed by atoms with E-state index in [0.29, 0.717) is 12.0 Å². The Balaban J connectivity index is 1.82. The summed E-state index contributed by atoms with van der Waals surface area (Å²) in [6.45, 7) is 1.61. The van der Waals surface area contributed by atoms with Crippen molar-refractivity contribution in [3.8, 4) is 11.8 Å². The number of nitriles is 1. The van der Waals surface area contributed by atoms with Gasteiger partial charge < -0.3 is 10.1 Å². The number of Topliss-reactive ketones (excluding diaryl/α,β-unsaturated/α-hetero) is 1. The lowest BCUT2D eigenvalue weighted by Gasteiger charge is -2.29. The largest absolute Gasteiger partial charge is 0.497 e. The quantitative estimate of drug-likeness (QED) is 0.524. The Kier molecular flexibility index (Phi) is 6.19. The van der Waals surface area contributed by atoms with E-state index in [2.05, 4.69) is 29.6 Å². The number of ether oxygens (including phenoxy) is 1. The van der Waals surface area contributed by atoms with Gasteiger partial charge in [-0.05, 0) is 72.5 Å². The summed E-state index contributed by atoms with van der Waals surface area (Å²) in [7, 11) is 1.64. The third-order valence-electron chi connectivity index (χ3n) is 5.72. The van der Waals surface area contributed by atoms with Gasteiger partial charge in [-0.2, -0.15) is 5.26 Å². The highest BCUT2D eigenvalue weighted by atomic mass is 16.5. The van der Waals surface area contributed by atoms with Gasteiger partial charge in [0, 0.05) is 22.9 Å². The smallest absolute Gasteiger partial charge is 0.158 e. The summed E-state index contributed by atoms with van der Waals surface area (Å²) >= 11 is 0. The average molecular weight is 421 g/mol. The van der Waals surface area contributed by atoms with Crippen LogP contribution in [0.15, 0.2) is 96.2 Å². The topological polar surface area (TPSA) is 62.1 Å². The third kappa shape index (κ3) is 4.48. The maximum absolute atomic E-state index is 12.9. The van der Waals surface area contributed by atoms with E-state index in [1.54, 1.807) is 14.0 Å². The van der Waals surface area contributed by atoms with Crippen LogP contribution in [-0.4, -0.2) is 12.9 Å². The maximum atomic E-state index is 12.9. The van der Waals surface area contributed by atoms with Crippen molar-refractivity contribution >= 4 is 17.0 Å². The fraction of sp³-hybridized carbons (Fsp3) is 0.143. The molecule has 0 spiro atoms. The average Bonchev–Trinajstić information content (AvgIpc) is 2.84. The minimum absolute atomic E-state index is 0.0266. The molecule has 1 aliphatic carbocycles. The Hall–Kier alpha value is -4.10. The molecule has 3 aromatic rings. The number of carbonyl (C=O) groups is 1. The summed E-state index contributed by atoms with van der Waals surface area (Å²) < 4.78 is 5.26. The van der Waals surface area contributed by atoms with Crippen molar-refractivity contribution < 1.29 is 9.53 Å². The molecular weight excluding hydrogens is 396 g/mol. The molecule has 4 nitrogen and oxygen atoms in total. The number of anilines is 1. The van der Waals surface area contributed by atoms with Gasteiger partial charge in [0.05, 0.1) is 18.7 Å². The predicted octanol–water partition coefficient (Wildman–Crippen LogP) is 6.09. The molecule has 1 N–H and O–H groups in total. The zero-order chi connectivity index (χ0) is 22.5. The van der Waals surface area contributed by atoms with E-state index in [9.17, 15) is 10.1 Å². The van der Waals surface area contributed by atoms with Crippen LogP contribution in [0.2, 0.25) is 0 Å². The summed E-state index contributed by atoms with van der Waals surface area (Å²) in [6.07, 6.45) is 2.79. The van der Waals surface area contributed by atoms with Gasteiger partial charge >= 0.3 is 0 Å². The summed E-state index contributed by atoms with van der Waals surface area (Å²) in [5, 5.41) is 12.6. The van der Waals surface area contributed by atoms with Crippen molar-refractivity contribution in [3.63, 3.8) is 0 Å². The first-order chi connectivity index (χ1) is 15.6. The van der Waals surface area contributed by atoms with Crippen molar-refractivity contribution in [3.05, 3.63) is 113 Å². The number of rotatable bonds is 6. The number of benzene rings is 3. The molecule has 0 saturated carbocycles. The van der Waals surface area contributed by atoms with Crippen molar-refractivity contribution in [1.82, 2.24) is 0 Å². The number of hydrogen-bond acceptors (Lipinski definition) is 4. The van der Waals surface area contributed by atoms with Crippen molar-refractivity contribution in [2.45, 2.75) is 19.3 Å². The first-order valence-electron chi connectivity index (χ1n) is 10.5. The molecule has 3 aromatic carbocycles. The maximum Gasteiger partial charge on any atom is 0.158 e. The van der Waals surface area contributed by atoms with Crippen molar-refractivity contribution in [2.75, 3.05) is 12.4 Å². The zero-order valence-electron chi connectivity index (χ0n) is 18.1. The van der Waals surface area contributed by atoms with Crippen LogP contribution in [-0.2, 0) is 4.79 Å². The molecule has 4 heteroatoms. The minimum atomic E-state index is -0.110. The van der Waals surface area contributed by atoms with Gasteiger partial charge in [-0.25, -0.2) is 0 Å². The van der Waals surface area contributed by atoms with Gasteiger partial charge in [0.2, 0.25) is 0 Å². The molecule has 1 atom stereocenters. The molecular formula is C28H24N2O2. The standard InChI is InChI=1S/C28H24N2O2/c1-19(31)28-26(22-10-8-20(18-29)9-11-22)16-23(21-6-4-3-5-7-21)17-27(28)30-24-12-14-25(32-2)15-13-24/h3-15,17,26,30H,16H2,1-2H3. The Morgan fingerprint density at radius 1 is 1.00 bits per heavy atom. The Morgan fingerprint density at radius 2 is 1.69 bits per heavy atom. The van der Waals surface area contributed by atoms with E-state index in [0.717, 1.165) is 39.4 Å². The lowest BCUT2D eigenvalue weighted by Crippen LogP contribution is -2.19. The van der Waals surface area contributed by atoms with Crippen LogP contribution in [0.25, 0.3) is 5.57 Å². The summed E-state index contributed by atoms with van der Waals surface area (Å²) in [4.78, 5) is 12.9. The molecule has 158 valence electrons. The van der Waals surface area contributed by atoms with Crippen molar-refractivity contribution in [1.29, 1.82) is 5.26 Å². The molecule has 0 bridgehead atoms. The molecule has 1 aliphatic rings. The minimum Gasteiger partial charge on any atom is -0.497 e. The highest BCUT2D eigenvalue weighted by Crippen LogP contribution is 2.41. The molecule has 0 fully saturated rings. The molecule has 0 radical (unpaired) electrons. The number of nitrogens with zero attached hydrogens (tertiary/aromatic N) is 1. The molecule has 32 heavy (non-hydrogen) atoms. The van der Waals surface area contributed by atoms with Crippen LogP contribution in [0.1, 0.15) is 36.0 Å². The predicted molar refractivity (Wildman–Crippen MR) is 127 cm³/mol. The van der Waals surface area contributed by atoms with Gasteiger partial charge in [0.1, 0.15) is 5.75 Å². The number of hydrogen-bond donors (Lipinski definition) is 1. The lowest BCUT2D eigenvalue weighted by atomic mass is 9.77. The zero-order valence-corrected chi connectivity index (χ0v) is 18.1. The number of carbonyl (C=O) groups excluding carboxylic acids is 1. The molecule has 0 aromatic heterocycles. The van der Waals surface area contributed by atoms with Gasteiger partial charge in [-0.3, -0.25) is 4.79 Å². The van der Waals surface area contributed by atoms with E-state index in [1.165, 1.54) is 0 Å². The van der Waals surface area contributed by atoms with Crippen LogP contribution in [0, 0.1) is 11.3 Å². The van der Waals surface area contributed by atoms with Crippen LogP contribution in [0.4, 0.5) is 5.69 Å². The van der Waals surface area contributed by atoms with Gasteiger partial charge in [-0.1, -0.05) is 42.5 Å². The second-order valence-electron chi connectivity index (χ2n) is 7.76. The number of ketones is 1. The van der Waals surface area contributed by atoms with Crippen LogP contribution in [0.5, 0.6) is 5.75 Å². The molecule has 0 aliphatic heterocycles. The second-order valence-corrected chi connectivity index (χ2v) is 7.76. The number of methoxy groups -OCH3 is 1. The molecule has 0 amide bonds. The monoisotopic (exact) mass is 420 g/mol. The fourth-order valence-electron chi connectivity index (χ4n) is 4.12. The highest BCUT2D eigenvalue weighted by molar-refractivity contribution is 5.98. The van der Waals surface area contributed by atoms with Crippen LogP contribution in [0.3, 0.4) is 0 Å². The van der Waals surface area contributed by atoms with E-state index in [4.69, 9.17) is 4.74 Å². The third-order valence-corrected chi connectivity index (χ3v) is 5.72. The normalized spacial score (nSPS) is 15.5. The summed E-state index contributed by atoms with van der Waals surface area (Å²) in [5.41, 5.74) is 6.32. The van der Waals surface area contributed by atoms with Gasteiger partial charge in [0.25, 0.3) is 0 Å². The summed E-state index contributed by atoms with van der Waals surface area (Å²) in [5.74, 6) is 0.691. The van der Waals surface area contributed by atoms with E-state index >= 15 is 0 Å². The lowest BCUT2D eigenvalue weighted by molar-refractivity contribution is -0.113. The van der Waals surface area contributed by atoms with Gasteiger partial charge in [0.15, 0.2) is 5.78 Å². The van der Waals surface area contributed by atoms with Crippen LogP contribution >= 0.6 is 0 Å². The molecule has 1 unspecified atom stereocenters. The molecule has 0 saturated heterocycles. The molecule has 4 rings (SSSR count). The number of allylic oxidation sites excluding steroid dienone is 3. The van der Waals surface area contributed by atoms with E-state index in [-0.39, 0.29) is 11.7 Å². The number of nitrogens with one attached hydrogen (secondary N) is 1. The van der Waals surface area contributed by atoms with E-state index in [1.807, 2.05) is 66.7 Å². The first kappa shape index (κ1) is 21.1. The molecule has 0 heterocycles. The SMILES string of the molecule is COc1ccc(NC2=C(C(C)=O)C(c3ccc(C#N)cc3)CC(c3ccccc3)=C2)cc1. The van der Waals surface area contributed by atoms with Gasteiger partial charge in [-0.15, -0.1) is 0 Å². The fourth-order valence-corrected chi connectivity index (χ4v) is 4.12. The second kappa shape index (κ2) is 9.36. The Labute approximate surface area is 188 Å².